The molecule has 0 aromatic heterocycles. The molecule has 0 aromatic rings. The molecule has 1 aliphatic heterocycles. The molecule has 0 aromatic carbocycles. The molecule has 0 bridgehead atoms. The van der Waals surface area contributed by atoms with Gasteiger partial charge >= 0.3 is 0 Å². The third kappa shape index (κ3) is 2.46. The second kappa shape index (κ2) is 4.45. The van der Waals surface area contributed by atoms with Gasteiger partial charge in [-0.15, -0.1) is 0 Å². The summed E-state index contributed by atoms with van der Waals surface area (Å²) in [6, 6.07) is 0.848. The molecule has 1 saturated heterocycles. The number of nitrogens with one attached hydrogen (secondary N) is 1. The summed E-state index contributed by atoms with van der Waals surface area (Å²) in [5, 5.41) is 3.63. The van der Waals surface area contributed by atoms with Crippen LogP contribution in [0.5, 0.6) is 0 Å². The molecule has 0 radical (unpaired) electrons. The molecule has 1 saturated carbocycles. The highest BCUT2D eigenvalue weighted by Crippen LogP contribution is 2.32. The molecule has 1 heterocycles. The van der Waals surface area contributed by atoms with Gasteiger partial charge in [0.25, 0.3) is 0 Å². The first-order valence-electron chi connectivity index (χ1n) is 6.09. The smallest absolute Gasteiger partial charge is 0.00932 e. The van der Waals surface area contributed by atoms with E-state index in [0.29, 0.717) is 0 Å². The molecule has 2 unspecified atom stereocenters. The van der Waals surface area contributed by atoms with Crippen molar-refractivity contribution >= 4 is 0 Å². The first-order valence-corrected chi connectivity index (χ1v) is 6.09. The van der Waals surface area contributed by atoms with Crippen molar-refractivity contribution in [2.24, 2.45) is 11.8 Å². The number of rotatable bonds is 3. The minimum Gasteiger partial charge on any atom is -0.314 e. The van der Waals surface area contributed by atoms with E-state index in [1.54, 1.807) is 0 Å². The monoisotopic (exact) mass is 181 g/mol. The maximum Gasteiger partial charge on any atom is 0.00932 e. The summed E-state index contributed by atoms with van der Waals surface area (Å²) >= 11 is 0. The van der Waals surface area contributed by atoms with E-state index in [9.17, 15) is 0 Å². The minimum atomic E-state index is 0.848. The Bertz CT molecular complexity index is 143. The second-order valence-electron chi connectivity index (χ2n) is 5.07. The Morgan fingerprint density at radius 1 is 1.15 bits per heavy atom. The Balaban J connectivity index is 1.73. The third-order valence-corrected chi connectivity index (χ3v) is 3.97. The van der Waals surface area contributed by atoms with Gasteiger partial charge in [-0.2, -0.15) is 0 Å². The molecular formula is C12H23N. The Kier molecular flexibility index (Phi) is 3.26. The topological polar surface area (TPSA) is 12.0 Å². The Labute approximate surface area is 82.3 Å². The molecule has 2 fully saturated rings. The van der Waals surface area contributed by atoms with Crippen LogP contribution < -0.4 is 5.32 Å². The lowest BCUT2D eigenvalue weighted by molar-refractivity contribution is 0.328. The van der Waals surface area contributed by atoms with Gasteiger partial charge in [0.05, 0.1) is 0 Å². The zero-order valence-corrected chi connectivity index (χ0v) is 8.89. The summed E-state index contributed by atoms with van der Waals surface area (Å²) < 4.78 is 0. The zero-order chi connectivity index (χ0) is 9.10. The van der Waals surface area contributed by atoms with Crippen molar-refractivity contribution in [3.05, 3.63) is 0 Å². The van der Waals surface area contributed by atoms with Gasteiger partial charge in [-0.3, -0.25) is 0 Å². The highest BCUT2D eigenvalue weighted by Gasteiger charge is 2.24. The van der Waals surface area contributed by atoms with Crippen LogP contribution >= 0.6 is 0 Å². The molecule has 0 spiro atoms. The van der Waals surface area contributed by atoms with Crippen LogP contribution in [0, 0.1) is 11.8 Å². The number of hydrogen-bond acceptors (Lipinski definition) is 1. The molecule has 1 N–H and O–H groups in total. The van der Waals surface area contributed by atoms with Crippen LogP contribution in [0.15, 0.2) is 0 Å². The standard InChI is InChI=1S/C12H23N/c1-10(12-7-4-8-13-12)9-11-5-2-3-6-11/h10-13H,2-9H2,1H3. The van der Waals surface area contributed by atoms with E-state index in [2.05, 4.69) is 12.2 Å². The first kappa shape index (κ1) is 9.51. The SMILES string of the molecule is CC(CC1CCCC1)C1CCCN1. The Hall–Kier alpha value is -0.0400. The van der Waals surface area contributed by atoms with Crippen LogP contribution in [0.2, 0.25) is 0 Å². The first-order chi connectivity index (χ1) is 6.36. The van der Waals surface area contributed by atoms with E-state index in [-0.39, 0.29) is 0 Å². The summed E-state index contributed by atoms with van der Waals surface area (Å²) in [5.74, 6) is 1.99. The van der Waals surface area contributed by atoms with Crippen molar-refractivity contribution in [3.8, 4) is 0 Å². The molecule has 2 atom stereocenters. The van der Waals surface area contributed by atoms with E-state index >= 15 is 0 Å². The molecule has 13 heavy (non-hydrogen) atoms. The van der Waals surface area contributed by atoms with E-state index in [4.69, 9.17) is 0 Å². The fourth-order valence-corrected chi connectivity index (χ4v) is 3.13. The number of hydrogen-bond donors (Lipinski definition) is 1. The normalized spacial score (nSPS) is 32.5. The van der Waals surface area contributed by atoms with Crippen molar-refractivity contribution in [1.82, 2.24) is 5.32 Å². The molecule has 1 aliphatic carbocycles. The molecular weight excluding hydrogens is 158 g/mol. The highest BCUT2D eigenvalue weighted by atomic mass is 14.9. The largest absolute Gasteiger partial charge is 0.314 e. The van der Waals surface area contributed by atoms with Crippen LogP contribution in [0.4, 0.5) is 0 Å². The van der Waals surface area contributed by atoms with E-state index in [0.717, 1.165) is 17.9 Å². The van der Waals surface area contributed by atoms with Crippen LogP contribution in [0.1, 0.15) is 51.9 Å². The molecule has 1 nitrogen and oxygen atoms in total. The van der Waals surface area contributed by atoms with Crippen molar-refractivity contribution in [2.45, 2.75) is 57.9 Å². The predicted octanol–water partition coefficient (Wildman–Crippen LogP) is 2.95. The quantitative estimate of drug-likeness (QED) is 0.706. The lowest BCUT2D eigenvalue weighted by Crippen LogP contribution is -2.29. The average molecular weight is 181 g/mol. The zero-order valence-electron chi connectivity index (χ0n) is 8.89. The Morgan fingerprint density at radius 3 is 2.54 bits per heavy atom. The maximum absolute atomic E-state index is 3.63. The maximum atomic E-state index is 3.63. The van der Waals surface area contributed by atoms with E-state index in [1.807, 2.05) is 0 Å². The summed E-state index contributed by atoms with van der Waals surface area (Å²) in [6.07, 6.45) is 10.3. The van der Waals surface area contributed by atoms with Gasteiger partial charge in [0.15, 0.2) is 0 Å². The van der Waals surface area contributed by atoms with Crippen LogP contribution in [0.25, 0.3) is 0 Å². The van der Waals surface area contributed by atoms with Crippen LogP contribution in [-0.2, 0) is 0 Å². The lowest BCUT2D eigenvalue weighted by atomic mass is 9.89. The lowest BCUT2D eigenvalue weighted by Gasteiger charge is -2.22. The van der Waals surface area contributed by atoms with Gasteiger partial charge in [0, 0.05) is 6.04 Å². The summed E-state index contributed by atoms with van der Waals surface area (Å²) in [7, 11) is 0. The fourth-order valence-electron chi connectivity index (χ4n) is 3.13. The predicted molar refractivity (Wildman–Crippen MR) is 56.8 cm³/mol. The van der Waals surface area contributed by atoms with Crippen molar-refractivity contribution < 1.29 is 0 Å². The van der Waals surface area contributed by atoms with Crippen LogP contribution in [0.3, 0.4) is 0 Å². The Morgan fingerprint density at radius 2 is 1.92 bits per heavy atom. The average Bonchev–Trinajstić information content (AvgIpc) is 2.74. The van der Waals surface area contributed by atoms with Gasteiger partial charge in [-0.25, -0.2) is 0 Å². The highest BCUT2D eigenvalue weighted by molar-refractivity contribution is 4.81. The molecule has 2 aliphatic rings. The van der Waals surface area contributed by atoms with Crippen molar-refractivity contribution in [2.75, 3.05) is 6.54 Å². The molecule has 1 heteroatoms. The third-order valence-electron chi connectivity index (χ3n) is 3.97. The van der Waals surface area contributed by atoms with Gasteiger partial charge in [0.1, 0.15) is 0 Å². The van der Waals surface area contributed by atoms with E-state index in [1.165, 1.54) is 51.5 Å². The van der Waals surface area contributed by atoms with Crippen molar-refractivity contribution in [1.29, 1.82) is 0 Å². The molecule has 2 rings (SSSR count). The minimum absolute atomic E-state index is 0.848. The summed E-state index contributed by atoms with van der Waals surface area (Å²) in [5.41, 5.74) is 0. The van der Waals surface area contributed by atoms with E-state index < -0.39 is 0 Å². The summed E-state index contributed by atoms with van der Waals surface area (Å²) in [6.45, 7) is 3.71. The van der Waals surface area contributed by atoms with Crippen molar-refractivity contribution in [3.63, 3.8) is 0 Å². The van der Waals surface area contributed by atoms with Gasteiger partial charge in [0.2, 0.25) is 0 Å². The van der Waals surface area contributed by atoms with Gasteiger partial charge < -0.3 is 5.32 Å². The molecule has 0 amide bonds. The fraction of sp³-hybridized carbons (Fsp3) is 1.00. The van der Waals surface area contributed by atoms with Gasteiger partial charge in [-0.1, -0.05) is 32.6 Å². The van der Waals surface area contributed by atoms with Gasteiger partial charge in [-0.05, 0) is 37.6 Å². The summed E-state index contributed by atoms with van der Waals surface area (Å²) in [4.78, 5) is 0. The van der Waals surface area contributed by atoms with Crippen LogP contribution in [-0.4, -0.2) is 12.6 Å². The molecule has 76 valence electrons. The second-order valence-corrected chi connectivity index (χ2v) is 5.07.